The molecule has 1 aliphatic heterocycles. The van der Waals surface area contributed by atoms with Gasteiger partial charge < -0.3 is 15.7 Å². The largest absolute Gasteiger partial charge is 0.497 e. The number of anilines is 1. The third-order valence-corrected chi connectivity index (χ3v) is 4.00. The molecule has 1 aromatic rings. The van der Waals surface area contributed by atoms with Gasteiger partial charge in [-0.05, 0) is 12.8 Å². The van der Waals surface area contributed by atoms with E-state index in [4.69, 9.17) is 5.73 Å². The number of piperidine rings is 1. The van der Waals surface area contributed by atoms with Gasteiger partial charge in [0.15, 0.2) is 5.69 Å². The van der Waals surface area contributed by atoms with Gasteiger partial charge in [0.2, 0.25) is 5.91 Å². The number of hydrogen-bond donors (Lipinski definition) is 2. The Labute approximate surface area is 139 Å². The van der Waals surface area contributed by atoms with Crippen molar-refractivity contribution in [3.63, 3.8) is 0 Å². The Morgan fingerprint density at radius 3 is 2.00 bits per heavy atom. The van der Waals surface area contributed by atoms with Crippen molar-refractivity contribution >= 4 is 28.7 Å². The first-order chi connectivity index (χ1) is 11.6. The first kappa shape index (κ1) is 17.8. The zero-order valence-corrected chi connectivity index (χ0v) is 12.7. The Morgan fingerprint density at radius 2 is 1.60 bits per heavy atom. The van der Waals surface area contributed by atoms with Gasteiger partial charge in [0.25, 0.3) is 5.75 Å². The van der Waals surface area contributed by atoms with E-state index in [1.807, 2.05) is 0 Å². The maximum atomic E-state index is 11.3. The molecule has 0 saturated carbocycles. The summed E-state index contributed by atoms with van der Waals surface area (Å²) in [6, 6.07) is 0.484. The second-order valence-electron chi connectivity index (χ2n) is 5.40. The van der Waals surface area contributed by atoms with Gasteiger partial charge in [0.1, 0.15) is 6.07 Å². The van der Waals surface area contributed by atoms with Gasteiger partial charge in [-0.1, -0.05) is 0 Å². The topological polar surface area (TPSA) is 196 Å². The minimum atomic E-state index is -1.26. The molecule has 13 heteroatoms. The van der Waals surface area contributed by atoms with Gasteiger partial charge in [-0.25, -0.2) is 0 Å². The summed E-state index contributed by atoms with van der Waals surface area (Å²) < 4.78 is 0. The number of aromatic hydroxyl groups is 1. The second-order valence-corrected chi connectivity index (χ2v) is 5.40. The van der Waals surface area contributed by atoms with Crippen molar-refractivity contribution in [1.29, 1.82) is 0 Å². The number of nitrogens with zero attached hydrogens (tertiary/aromatic N) is 4. The van der Waals surface area contributed by atoms with Crippen LogP contribution >= 0.6 is 0 Å². The molecule has 1 fully saturated rings. The summed E-state index contributed by atoms with van der Waals surface area (Å²) in [7, 11) is 0. The number of nitro benzene ring substituents is 3. The van der Waals surface area contributed by atoms with E-state index in [1.165, 1.54) is 4.90 Å². The van der Waals surface area contributed by atoms with E-state index in [-0.39, 0.29) is 25.9 Å². The normalized spacial score (nSPS) is 15.0. The number of benzene rings is 1. The molecule has 0 unspecified atom stereocenters. The van der Waals surface area contributed by atoms with Gasteiger partial charge in [0.05, 0.1) is 14.8 Å². The fourth-order valence-corrected chi connectivity index (χ4v) is 2.77. The molecule has 0 radical (unpaired) electrons. The van der Waals surface area contributed by atoms with E-state index < -0.39 is 55.1 Å². The molecule has 0 bridgehead atoms. The molecule has 0 atom stereocenters. The van der Waals surface area contributed by atoms with Crippen molar-refractivity contribution in [2.75, 3.05) is 18.0 Å². The Kier molecular flexibility index (Phi) is 4.67. The highest BCUT2D eigenvalue weighted by Gasteiger charge is 2.40. The fraction of sp³-hybridized carbons (Fsp3) is 0.417. The first-order valence-electron chi connectivity index (χ1n) is 7.02. The van der Waals surface area contributed by atoms with Crippen LogP contribution in [-0.4, -0.2) is 38.9 Å². The van der Waals surface area contributed by atoms with E-state index >= 15 is 0 Å². The van der Waals surface area contributed by atoms with Crippen molar-refractivity contribution < 1.29 is 24.7 Å². The number of carbonyl (C=O) groups excluding carboxylic acids is 1. The number of hydrogen-bond acceptors (Lipinski definition) is 9. The Balaban J connectivity index is 2.61. The highest BCUT2D eigenvalue weighted by Crippen LogP contribution is 2.49. The zero-order chi connectivity index (χ0) is 18.9. The minimum absolute atomic E-state index is 0.0343. The van der Waals surface area contributed by atoms with Gasteiger partial charge >= 0.3 is 17.1 Å². The van der Waals surface area contributed by atoms with Crippen LogP contribution in [0.15, 0.2) is 6.07 Å². The molecule has 1 amide bonds. The molecule has 0 aromatic heterocycles. The van der Waals surface area contributed by atoms with Crippen LogP contribution in [-0.2, 0) is 4.79 Å². The molecule has 1 saturated heterocycles. The van der Waals surface area contributed by atoms with E-state index in [9.17, 15) is 40.2 Å². The minimum Gasteiger partial charge on any atom is -0.497 e. The number of carbonyl (C=O) groups is 1. The van der Waals surface area contributed by atoms with E-state index in [2.05, 4.69) is 0 Å². The lowest BCUT2D eigenvalue weighted by molar-refractivity contribution is -0.403. The molecule has 1 aromatic carbocycles. The highest BCUT2D eigenvalue weighted by atomic mass is 16.6. The number of nitro groups is 3. The van der Waals surface area contributed by atoms with Crippen LogP contribution in [0, 0.1) is 36.3 Å². The average molecular weight is 355 g/mol. The number of phenolic OH excluding ortho intramolecular Hbond substituents is 1. The summed E-state index contributed by atoms with van der Waals surface area (Å²) in [5.41, 5.74) is 1.56. The van der Waals surface area contributed by atoms with Crippen LogP contribution in [0.2, 0.25) is 0 Å². The third-order valence-electron chi connectivity index (χ3n) is 4.00. The summed E-state index contributed by atoms with van der Waals surface area (Å²) in [6.45, 7) is 0.0685. The fourth-order valence-electron chi connectivity index (χ4n) is 2.77. The summed E-state index contributed by atoms with van der Waals surface area (Å²) in [5, 5.41) is 43.4. The van der Waals surface area contributed by atoms with E-state index in [0.717, 1.165) is 0 Å². The lowest BCUT2D eigenvalue weighted by Crippen LogP contribution is -2.39. The number of amides is 1. The van der Waals surface area contributed by atoms with E-state index in [0.29, 0.717) is 6.07 Å². The van der Waals surface area contributed by atoms with Crippen molar-refractivity contribution in [3.8, 4) is 5.75 Å². The molecule has 0 aliphatic carbocycles. The average Bonchev–Trinajstić information content (AvgIpc) is 2.53. The molecule has 25 heavy (non-hydrogen) atoms. The molecular weight excluding hydrogens is 342 g/mol. The van der Waals surface area contributed by atoms with Crippen LogP contribution in [0.1, 0.15) is 12.8 Å². The van der Waals surface area contributed by atoms with Crippen molar-refractivity contribution in [2.24, 2.45) is 11.7 Å². The SMILES string of the molecule is NC(=O)C1CCN(c2c([N+](=O)[O-])cc([N+](=O)[O-])c(O)c2[N+](=O)[O-])CC1. The quantitative estimate of drug-likeness (QED) is 0.567. The van der Waals surface area contributed by atoms with Crippen molar-refractivity contribution in [1.82, 2.24) is 0 Å². The van der Waals surface area contributed by atoms with Crippen LogP contribution < -0.4 is 10.6 Å². The summed E-state index contributed by atoms with van der Waals surface area (Å²) >= 11 is 0. The number of phenols is 1. The molecule has 3 N–H and O–H groups in total. The molecule has 0 spiro atoms. The Hall–Kier alpha value is -3.51. The third kappa shape index (κ3) is 3.24. The smallest absolute Gasteiger partial charge is 0.348 e. The number of primary amides is 1. The van der Waals surface area contributed by atoms with Gasteiger partial charge in [0, 0.05) is 19.0 Å². The monoisotopic (exact) mass is 355 g/mol. The second kappa shape index (κ2) is 6.54. The maximum absolute atomic E-state index is 11.3. The summed E-state index contributed by atoms with van der Waals surface area (Å²) in [4.78, 5) is 42.7. The summed E-state index contributed by atoms with van der Waals surface area (Å²) in [6.07, 6.45) is 0.419. The zero-order valence-electron chi connectivity index (χ0n) is 12.7. The highest BCUT2D eigenvalue weighted by molar-refractivity contribution is 5.84. The molecule has 13 nitrogen and oxygen atoms in total. The standard InChI is InChI=1S/C12H13N5O8/c13-12(19)6-1-3-14(4-2-6)9-7(15(20)21)5-8(16(22)23)11(18)10(9)17(24)25/h5-6,18H,1-4H2,(H2,13,19). The lowest BCUT2D eigenvalue weighted by atomic mass is 9.95. The van der Waals surface area contributed by atoms with Gasteiger partial charge in [-0.3, -0.25) is 35.1 Å². The van der Waals surface area contributed by atoms with Crippen LogP contribution in [0.4, 0.5) is 22.7 Å². The molecule has 2 rings (SSSR count). The molecule has 1 aliphatic rings. The Morgan fingerprint density at radius 1 is 1.08 bits per heavy atom. The maximum Gasteiger partial charge on any atom is 0.348 e. The summed E-state index contributed by atoms with van der Waals surface area (Å²) in [5.74, 6) is -2.27. The predicted octanol–water partition coefficient (Wildman–Crippen LogP) is 0.818. The van der Waals surface area contributed by atoms with Crippen LogP contribution in [0.25, 0.3) is 0 Å². The van der Waals surface area contributed by atoms with Crippen molar-refractivity contribution in [2.45, 2.75) is 12.8 Å². The lowest BCUT2D eigenvalue weighted by Gasteiger charge is -2.31. The molecule has 134 valence electrons. The van der Waals surface area contributed by atoms with Gasteiger partial charge in [-0.2, -0.15) is 0 Å². The number of nitrogens with two attached hydrogens (primary N) is 1. The first-order valence-corrected chi connectivity index (χ1v) is 7.02. The molecule has 1 heterocycles. The van der Waals surface area contributed by atoms with Crippen LogP contribution in [0.5, 0.6) is 5.75 Å². The van der Waals surface area contributed by atoms with Gasteiger partial charge in [-0.15, -0.1) is 0 Å². The molecular formula is C12H13N5O8. The van der Waals surface area contributed by atoms with Crippen LogP contribution in [0.3, 0.4) is 0 Å². The van der Waals surface area contributed by atoms with E-state index in [1.54, 1.807) is 0 Å². The van der Waals surface area contributed by atoms with Crippen molar-refractivity contribution in [3.05, 3.63) is 36.4 Å². The Bertz CT molecular complexity index is 771. The number of rotatable bonds is 5. The predicted molar refractivity (Wildman–Crippen MR) is 82.2 cm³/mol.